The number of amides is 1. The number of aliphatic carboxylic acids is 1. The number of nitrogens with one attached hydrogen (secondary N) is 1. The van der Waals surface area contributed by atoms with Crippen LogP contribution in [0, 0.1) is 11.8 Å². The van der Waals surface area contributed by atoms with Gasteiger partial charge in [-0.3, -0.25) is 9.59 Å². The van der Waals surface area contributed by atoms with Crippen LogP contribution in [-0.4, -0.2) is 41.0 Å². The number of carboxylic acids is 1. The Balaban J connectivity index is 1.58. The Bertz CT molecular complexity index is 566. The third-order valence-corrected chi connectivity index (χ3v) is 4.70. The fourth-order valence-electron chi connectivity index (χ4n) is 3.06. The minimum Gasteiger partial charge on any atom is -0.481 e. The van der Waals surface area contributed by atoms with E-state index in [9.17, 15) is 9.59 Å². The van der Waals surface area contributed by atoms with E-state index in [4.69, 9.17) is 5.11 Å². The summed E-state index contributed by atoms with van der Waals surface area (Å²) in [7, 11) is 0. The van der Waals surface area contributed by atoms with E-state index in [2.05, 4.69) is 17.4 Å². The lowest BCUT2D eigenvalue weighted by Crippen LogP contribution is -2.59. The van der Waals surface area contributed by atoms with Gasteiger partial charge in [-0.2, -0.15) is 0 Å². The van der Waals surface area contributed by atoms with Gasteiger partial charge in [0.1, 0.15) is 0 Å². The zero-order valence-electron chi connectivity index (χ0n) is 12.1. The van der Waals surface area contributed by atoms with Crippen LogP contribution in [0.1, 0.15) is 18.1 Å². The molecule has 0 saturated carbocycles. The van der Waals surface area contributed by atoms with Gasteiger partial charge in [-0.1, -0.05) is 31.2 Å². The van der Waals surface area contributed by atoms with Crippen molar-refractivity contribution in [1.82, 2.24) is 10.2 Å². The van der Waals surface area contributed by atoms with Gasteiger partial charge in [0.25, 0.3) is 0 Å². The van der Waals surface area contributed by atoms with Gasteiger partial charge >= 0.3 is 5.97 Å². The van der Waals surface area contributed by atoms with E-state index in [-0.39, 0.29) is 23.8 Å². The van der Waals surface area contributed by atoms with Crippen LogP contribution in [0.3, 0.4) is 0 Å². The first-order valence-corrected chi connectivity index (χ1v) is 7.38. The number of hydrogen-bond donors (Lipinski definition) is 2. The molecule has 2 N–H and O–H groups in total. The molecule has 5 heteroatoms. The zero-order chi connectivity index (χ0) is 15.0. The molecule has 0 aliphatic carbocycles. The van der Waals surface area contributed by atoms with E-state index in [1.165, 1.54) is 11.1 Å². The Hall–Kier alpha value is -1.88. The number of rotatable bonds is 3. The first-order valence-electron chi connectivity index (χ1n) is 7.38. The van der Waals surface area contributed by atoms with Crippen molar-refractivity contribution >= 4 is 11.9 Å². The van der Waals surface area contributed by atoms with Gasteiger partial charge in [0, 0.05) is 25.6 Å². The highest BCUT2D eigenvalue weighted by molar-refractivity contribution is 5.83. The van der Waals surface area contributed by atoms with Crippen LogP contribution in [0.25, 0.3) is 0 Å². The van der Waals surface area contributed by atoms with Crippen LogP contribution in [0.2, 0.25) is 0 Å². The van der Waals surface area contributed by atoms with Crippen LogP contribution in [-0.2, 0) is 22.6 Å². The van der Waals surface area contributed by atoms with Gasteiger partial charge in [0.05, 0.1) is 12.0 Å². The fraction of sp³-hybridized carbons (Fsp3) is 0.500. The maximum atomic E-state index is 12.4. The van der Waals surface area contributed by atoms with E-state index in [0.717, 1.165) is 6.54 Å². The van der Waals surface area contributed by atoms with Crippen LogP contribution >= 0.6 is 0 Å². The van der Waals surface area contributed by atoms with Crippen molar-refractivity contribution in [3.63, 3.8) is 0 Å². The molecule has 21 heavy (non-hydrogen) atoms. The second-order valence-corrected chi connectivity index (χ2v) is 6.04. The van der Waals surface area contributed by atoms with Crippen molar-refractivity contribution in [3.05, 3.63) is 35.4 Å². The molecule has 5 nitrogen and oxygen atoms in total. The van der Waals surface area contributed by atoms with Gasteiger partial charge in [0.2, 0.25) is 5.91 Å². The number of carbonyl (C=O) groups excluding carboxylic acids is 1. The molecule has 0 aromatic heterocycles. The number of hydrogen-bond acceptors (Lipinski definition) is 3. The normalized spacial score (nSPS) is 23.1. The predicted molar refractivity (Wildman–Crippen MR) is 77.6 cm³/mol. The van der Waals surface area contributed by atoms with Gasteiger partial charge in [-0.05, 0) is 17.5 Å². The van der Waals surface area contributed by atoms with Gasteiger partial charge in [-0.15, -0.1) is 0 Å². The van der Waals surface area contributed by atoms with E-state index in [1.54, 1.807) is 11.8 Å². The van der Waals surface area contributed by atoms with Gasteiger partial charge in [0.15, 0.2) is 0 Å². The van der Waals surface area contributed by atoms with Crippen molar-refractivity contribution in [1.29, 1.82) is 0 Å². The lowest BCUT2D eigenvalue weighted by atomic mass is 9.86. The van der Waals surface area contributed by atoms with Gasteiger partial charge < -0.3 is 15.3 Å². The van der Waals surface area contributed by atoms with Crippen molar-refractivity contribution < 1.29 is 14.7 Å². The SMILES string of the molecule is CC(C(=O)O)C1CN(C(=O)[C@@H]2Cc3ccccc3CN2)C1. The maximum absolute atomic E-state index is 12.4. The largest absolute Gasteiger partial charge is 0.481 e. The number of carboxylic acid groups (broad SMARTS) is 1. The summed E-state index contributed by atoms with van der Waals surface area (Å²) in [6.45, 7) is 3.55. The molecule has 1 unspecified atom stereocenters. The molecule has 3 rings (SSSR count). The number of likely N-dealkylation sites (tertiary alicyclic amines) is 1. The van der Waals surface area contributed by atoms with Crippen molar-refractivity contribution in [3.8, 4) is 0 Å². The molecule has 1 saturated heterocycles. The summed E-state index contributed by atoms with van der Waals surface area (Å²) in [5, 5.41) is 12.3. The molecular formula is C16H20N2O3. The van der Waals surface area contributed by atoms with E-state index in [0.29, 0.717) is 19.5 Å². The lowest BCUT2D eigenvalue weighted by Gasteiger charge is -2.43. The number of benzene rings is 1. The van der Waals surface area contributed by atoms with E-state index >= 15 is 0 Å². The molecule has 2 aliphatic rings. The molecular weight excluding hydrogens is 268 g/mol. The lowest BCUT2D eigenvalue weighted by molar-refractivity contribution is -0.151. The summed E-state index contributed by atoms with van der Waals surface area (Å²) in [5.41, 5.74) is 2.48. The van der Waals surface area contributed by atoms with E-state index < -0.39 is 5.97 Å². The molecule has 1 aromatic carbocycles. The Labute approximate surface area is 123 Å². The number of carbonyl (C=O) groups is 2. The molecule has 2 atom stereocenters. The topological polar surface area (TPSA) is 69.6 Å². The summed E-state index contributed by atoms with van der Waals surface area (Å²) in [4.78, 5) is 25.2. The summed E-state index contributed by atoms with van der Waals surface area (Å²) in [5.74, 6) is -0.980. The second-order valence-electron chi connectivity index (χ2n) is 6.04. The number of nitrogens with zero attached hydrogens (tertiary/aromatic N) is 1. The van der Waals surface area contributed by atoms with E-state index in [1.807, 2.05) is 12.1 Å². The molecule has 1 fully saturated rings. The Morgan fingerprint density at radius 1 is 1.29 bits per heavy atom. The number of fused-ring (bicyclic) bond motifs is 1. The Kier molecular flexibility index (Phi) is 3.68. The molecule has 112 valence electrons. The molecule has 2 heterocycles. The standard InChI is InChI=1S/C16H20N2O3/c1-10(16(20)21)13-8-18(9-13)15(19)14-6-11-4-2-3-5-12(11)7-17-14/h2-5,10,13-14,17H,6-9H2,1H3,(H,20,21)/t10?,14-/m0/s1. The molecule has 1 aromatic rings. The summed E-state index contributed by atoms with van der Waals surface area (Å²) < 4.78 is 0. The minimum atomic E-state index is -0.781. The quantitative estimate of drug-likeness (QED) is 0.866. The van der Waals surface area contributed by atoms with Crippen LogP contribution < -0.4 is 5.32 Å². The van der Waals surface area contributed by atoms with Crippen LogP contribution in [0.15, 0.2) is 24.3 Å². The summed E-state index contributed by atoms with van der Waals surface area (Å²) in [6, 6.07) is 7.98. The smallest absolute Gasteiger partial charge is 0.306 e. The van der Waals surface area contributed by atoms with Crippen molar-refractivity contribution in [2.45, 2.75) is 25.9 Å². The summed E-state index contributed by atoms with van der Waals surface area (Å²) >= 11 is 0. The molecule has 1 amide bonds. The molecule has 0 spiro atoms. The van der Waals surface area contributed by atoms with Crippen molar-refractivity contribution in [2.24, 2.45) is 11.8 Å². The van der Waals surface area contributed by atoms with Crippen molar-refractivity contribution in [2.75, 3.05) is 13.1 Å². The zero-order valence-corrected chi connectivity index (χ0v) is 12.1. The fourth-order valence-corrected chi connectivity index (χ4v) is 3.06. The van der Waals surface area contributed by atoms with Crippen LogP contribution in [0.4, 0.5) is 0 Å². The predicted octanol–water partition coefficient (Wildman–Crippen LogP) is 0.880. The second kappa shape index (κ2) is 5.48. The average Bonchev–Trinajstić information content (AvgIpc) is 2.44. The highest BCUT2D eigenvalue weighted by atomic mass is 16.4. The Morgan fingerprint density at radius 3 is 2.62 bits per heavy atom. The minimum absolute atomic E-state index is 0.0855. The third kappa shape index (κ3) is 2.65. The first kappa shape index (κ1) is 14.1. The summed E-state index contributed by atoms with van der Waals surface area (Å²) in [6.07, 6.45) is 0.713. The highest BCUT2D eigenvalue weighted by Gasteiger charge is 2.39. The third-order valence-electron chi connectivity index (χ3n) is 4.70. The average molecular weight is 288 g/mol. The van der Waals surface area contributed by atoms with Gasteiger partial charge in [-0.25, -0.2) is 0 Å². The molecule has 0 bridgehead atoms. The molecule has 0 radical (unpaired) electrons. The van der Waals surface area contributed by atoms with Crippen LogP contribution in [0.5, 0.6) is 0 Å². The molecule has 2 aliphatic heterocycles. The first-order chi connectivity index (χ1) is 10.1. The Morgan fingerprint density at radius 2 is 1.95 bits per heavy atom. The highest BCUT2D eigenvalue weighted by Crippen LogP contribution is 2.26. The monoisotopic (exact) mass is 288 g/mol. The maximum Gasteiger partial charge on any atom is 0.306 e.